The Morgan fingerprint density at radius 1 is 0.862 bits per heavy atom. The summed E-state index contributed by atoms with van der Waals surface area (Å²) in [6, 6.07) is 15.5. The van der Waals surface area contributed by atoms with E-state index < -0.39 is 5.91 Å². The average molecular weight is 391 g/mol. The molecule has 1 aliphatic rings. The van der Waals surface area contributed by atoms with Crippen molar-refractivity contribution in [2.75, 3.05) is 22.7 Å². The molecule has 146 valence electrons. The van der Waals surface area contributed by atoms with Crippen LogP contribution >= 0.6 is 0 Å². The van der Waals surface area contributed by atoms with Gasteiger partial charge in [0, 0.05) is 30.1 Å². The molecule has 3 aromatic rings. The van der Waals surface area contributed by atoms with Gasteiger partial charge in [0.05, 0.1) is 0 Å². The third kappa shape index (κ3) is 4.41. The number of carbonyl (C=O) groups excluding carboxylic acids is 2. The number of fused-ring (bicyclic) bond motifs is 1. The summed E-state index contributed by atoms with van der Waals surface area (Å²) in [5.41, 5.74) is 2.04. The van der Waals surface area contributed by atoms with Gasteiger partial charge in [-0.05, 0) is 42.5 Å². The molecule has 0 spiro atoms. The molecule has 29 heavy (non-hydrogen) atoms. The van der Waals surface area contributed by atoms with Gasteiger partial charge < -0.3 is 25.4 Å². The number of aromatic nitrogens is 2. The minimum Gasteiger partial charge on any atom is -0.454 e. The highest BCUT2D eigenvalue weighted by Gasteiger charge is 2.14. The van der Waals surface area contributed by atoms with Gasteiger partial charge >= 0.3 is 0 Å². The molecule has 0 radical (unpaired) electrons. The Kier molecular flexibility index (Phi) is 4.93. The summed E-state index contributed by atoms with van der Waals surface area (Å²) in [5.74, 6) is 1.22. The number of ether oxygens (including phenoxy) is 2. The summed E-state index contributed by atoms with van der Waals surface area (Å²) in [4.78, 5) is 23.5. The predicted molar refractivity (Wildman–Crippen MR) is 107 cm³/mol. The topological polar surface area (TPSA) is 114 Å². The lowest BCUT2D eigenvalue weighted by atomic mass is 10.2. The minimum absolute atomic E-state index is 0.158. The number of nitrogens with zero attached hydrogens (tertiary/aromatic N) is 2. The number of nitrogens with one attached hydrogen (secondary N) is 3. The summed E-state index contributed by atoms with van der Waals surface area (Å²) >= 11 is 0. The van der Waals surface area contributed by atoms with E-state index in [1.54, 1.807) is 48.5 Å². The summed E-state index contributed by atoms with van der Waals surface area (Å²) in [6.07, 6.45) is 0. The van der Waals surface area contributed by atoms with E-state index in [1.807, 2.05) is 6.07 Å². The number of rotatable bonds is 5. The Hall–Kier alpha value is -4.14. The molecule has 1 aromatic heterocycles. The molecule has 2 heterocycles. The number of anilines is 4. The highest BCUT2D eigenvalue weighted by Crippen LogP contribution is 2.34. The SMILES string of the molecule is CC(=O)Nc1cccc(NC(=O)c2ccc(Nc3ccc4c(c3)OCO4)nn2)c1. The molecule has 9 nitrogen and oxygen atoms in total. The standard InChI is InChI=1S/C20H17N5O4/c1-12(26)21-13-3-2-4-14(9-13)23-20(27)16-6-8-19(25-24-16)22-15-5-7-17-18(10-15)29-11-28-17/h2-10H,11H2,1H3,(H,21,26)(H,22,25)(H,23,27). The van der Waals surface area contributed by atoms with E-state index >= 15 is 0 Å². The first-order valence-corrected chi connectivity index (χ1v) is 8.76. The lowest BCUT2D eigenvalue weighted by Gasteiger charge is -2.08. The van der Waals surface area contributed by atoms with E-state index in [2.05, 4.69) is 26.1 Å². The molecule has 9 heteroatoms. The second-order valence-electron chi connectivity index (χ2n) is 6.21. The van der Waals surface area contributed by atoms with Gasteiger partial charge in [-0.1, -0.05) is 6.07 Å². The lowest BCUT2D eigenvalue weighted by molar-refractivity contribution is -0.114. The molecule has 0 unspecified atom stereocenters. The van der Waals surface area contributed by atoms with Crippen molar-refractivity contribution in [3.63, 3.8) is 0 Å². The Morgan fingerprint density at radius 2 is 1.66 bits per heavy atom. The molecule has 3 N–H and O–H groups in total. The van der Waals surface area contributed by atoms with Crippen LogP contribution < -0.4 is 25.4 Å². The zero-order valence-electron chi connectivity index (χ0n) is 15.4. The largest absolute Gasteiger partial charge is 0.454 e. The van der Waals surface area contributed by atoms with Crippen LogP contribution in [0.3, 0.4) is 0 Å². The first kappa shape index (κ1) is 18.2. The van der Waals surface area contributed by atoms with E-state index in [1.165, 1.54) is 6.92 Å². The first-order valence-electron chi connectivity index (χ1n) is 8.76. The molecule has 1 aliphatic heterocycles. The number of amides is 2. The van der Waals surface area contributed by atoms with Crippen LogP contribution in [0.1, 0.15) is 17.4 Å². The number of carbonyl (C=O) groups is 2. The molecule has 0 atom stereocenters. The van der Waals surface area contributed by atoms with Crippen molar-refractivity contribution in [3.8, 4) is 11.5 Å². The van der Waals surface area contributed by atoms with E-state index in [-0.39, 0.29) is 18.4 Å². The first-order chi connectivity index (χ1) is 14.1. The Balaban J connectivity index is 1.41. The maximum Gasteiger partial charge on any atom is 0.276 e. The zero-order valence-corrected chi connectivity index (χ0v) is 15.4. The van der Waals surface area contributed by atoms with Crippen LogP contribution in [0.5, 0.6) is 11.5 Å². The summed E-state index contributed by atoms with van der Waals surface area (Å²) in [5, 5.41) is 16.5. The fraction of sp³-hybridized carbons (Fsp3) is 0.100. The second kappa shape index (κ2) is 7.85. The number of hydrogen-bond acceptors (Lipinski definition) is 7. The quantitative estimate of drug-likeness (QED) is 0.612. The molecule has 0 aliphatic carbocycles. The van der Waals surface area contributed by atoms with Gasteiger partial charge in [0.15, 0.2) is 23.0 Å². The van der Waals surface area contributed by atoms with E-state index in [0.717, 1.165) is 5.69 Å². The smallest absolute Gasteiger partial charge is 0.276 e. The maximum atomic E-state index is 12.4. The van der Waals surface area contributed by atoms with Crippen LogP contribution in [0, 0.1) is 0 Å². The summed E-state index contributed by atoms with van der Waals surface area (Å²) in [7, 11) is 0. The molecule has 4 rings (SSSR count). The lowest BCUT2D eigenvalue weighted by Crippen LogP contribution is -2.15. The van der Waals surface area contributed by atoms with Gasteiger partial charge in [-0.25, -0.2) is 0 Å². The highest BCUT2D eigenvalue weighted by atomic mass is 16.7. The summed E-state index contributed by atoms with van der Waals surface area (Å²) < 4.78 is 10.6. The molecule has 2 amide bonds. The molecular weight excluding hydrogens is 374 g/mol. The van der Waals surface area contributed by atoms with Crippen molar-refractivity contribution in [2.45, 2.75) is 6.92 Å². The zero-order chi connectivity index (χ0) is 20.2. The summed E-state index contributed by atoms with van der Waals surface area (Å²) in [6.45, 7) is 1.62. The fourth-order valence-corrected chi connectivity index (χ4v) is 2.72. The second-order valence-corrected chi connectivity index (χ2v) is 6.21. The van der Waals surface area contributed by atoms with Gasteiger partial charge in [-0.15, -0.1) is 10.2 Å². The number of benzene rings is 2. The van der Waals surface area contributed by atoms with E-state index in [9.17, 15) is 9.59 Å². The normalized spacial score (nSPS) is 11.6. The van der Waals surface area contributed by atoms with Crippen LogP contribution in [-0.4, -0.2) is 28.8 Å². The van der Waals surface area contributed by atoms with Crippen molar-refractivity contribution < 1.29 is 19.1 Å². The molecule has 0 saturated heterocycles. The van der Waals surface area contributed by atoms with Gasteiger partial charge in [0.2, 0.25) is 12.7 Å². The van der Waals surface area contributed by atoms with Crippen LogP contribution in [0.15, 0.2) is 54.6 Å². The predicted octanol–water partition coefficient (Wildman–Crippen LogP) is 3.16. The van der Waals surface area contributed by atoms with E-state index in [0.29, 0.717) is 28.7 Å². The Labute approximate surface area is 166 Å². The van der Waals surface area contributed by atoms with Gasteiger partial charge in [-0.2, -0.15) is 0 Å². The number of hydrogen-bond donors (Lipinski definition) is 3. The highest BCUT2D eigenvalue weighted by molar-refractivity contribution is 6.03. The van der Waals surface area contributed by atoms with Gasteiger partial charge in [0.25, 0.3) is 5.91 Å². The maximum absolute atomic E-state index is 12.4. The monoisotopic (exact) mass is 391 g/mol. The fourth-order valence-electron chi connectivity index (χ4n) is 2.72. The van der Waals surface area contributed by atoms with Gasteiger partial charge in [0.1, 0.15) is 0 Å². The van der Waals surface area contributed by atoms with Crippen molar-refractivity contribution in [1.29, 1.82) is 0 Å². The molecule has 0 bridgehead atoms. The molecule has 0 saturated carbocycles. The van der Waals surface area contributed by atoms with Crippen LogP contribution in [0.4, 0.5) is 22.9 Å². The molecule has 0 fully saturated rings. The van der Waals surface area contributed by atoms with E-state index in [4.69, 9.17) is 9.47 Å². The molecular formula is C20H17N5O4. The van der Waals surface area contributed by atoms with Crippen LogP contribution in [-0.2, 0) is 4.79 Å². The Morgan fingerprint density at radius 3 is 2.41 bits per heavy atom. The van der Waals surface area contributed by atoms with Gasteiger partial charge in [-0.3, -0.25) is 9.59 Å². The molecule has 2 aromatic carbocycles. The Bertz CT molecular complexity index is 1070. The van der Waals surface area contributed by atoms with Crippen molar-refractivity contribution in [2.24, 2.45) is 0 Å². The average Bonchev–Trinajstić information content (AvgIpc) is 3.16. The van der Waals surface area contributed by atoms with Crippen molar-refractivity contribution >= 4 is 34.7 Å². The van der Waals surface area contributed by atoms with Crippen molar-refractivity contribution in [1.82, 2.24) is 10.2 Å². The third-order valence-electron chi connectivity index (χ3n) is 3.98. The van der Waals surface area contributed by atoms with Crippen LogP contribution in [0.25, 0.3) is 0 Å². The van der Waals surface area contributed by atoms with Crippen molar-refractivity contribution in [3.05, 3.63) is 60.3 Å². The third-order valence-corrected chi connectivity index (χ3v) is 3.98. The van der Waals surface area contributed by atoms with Crippen LogP contribution in [0.2, 0.25) is 0 Å². The minimum atomic E-state index is -0.410.